The van der Waals surface area contributed by atoms with Crippen molar-refractivity contribution in [1.29, 1.82) is 0 Å². The van der Waals surface area contributed by atoms with Crippen molar-refractivity contribution < 1.29 is 0 Å². The number of aryl methyl sites for hydroxylation is 2. The molecule has 0 bridgehead atoms. The minimum atomic E-state index is 0.487. The molecule has 0 aliphatic heterocycles. The Morgan fingerprint density at radius 1 is 1.58 bits per heavy atom. The minimum absolute atomic E-state index is 0.487. The molecule has 1 atom stereocenters. The molecule has 0 aromatic carbocycles. The van der Waals surface area contributed by atoms with Crippen molar-refractivity contribution in [3.05, 3.63) is 29.1 Å². The second-order valence-electron chi connectivity index (χ2n) is 3.44. The number of pyridine rings is 1. The zero-order valence-corrected chi connectivity index (χ0v) is 7.59. The van der Waals surface area contributed by atoms with E-state index in [2.05, 4.69) is 23.3 Å². The summed E-state index contributed by atoms with van der Waals surface area (Å²) >= 11 is 0. The van der Waals surface area contributed by atoms with E-state index in [1.807, 2.05) is 13.2 Å². The quantitative estimate of drug-likeness (QED) is 0.678. The van der Waals surface area contributed by atoms with Crippen molar-refractivity contribution in [3.63, 3.8) is 0 Å². The summed E-state index contributed by atoms with van der Waals surface area (Å²) in [6, 6.07) is 2.74. The predicted molar refractivity (Wildman–Crippen MR) is 49.1 cm³/mol. The van der Waals surface area contributed by atoms with Gasteiger partial charge in [-0.15, -0.1) is 0 Å². The summed E-state index contributed by atoms with van der Waals surface area (Å²) in [5.74, 6) is 0. The molecule has 64 valence electrons. The van der Waals surface area contributed by atoms with Crippen molar-refractivity contribution in [1.82, 2.24) is 10.3 Å². The monoisotopic (exact) mass is 162 g/mol. The van der Waals surface area contributed by atoms with Gasteiger partial charge in [-0.3, -0.25) is 4.98 Å². The van der Waals surface area contributed by atoms with Gasteiger partial charge in [0.15, 0.2) is 0 Å². The van der Waals surface area contributed by atoms with E-state index < -0.39 is 0 Å². The van der Waals surface area contributed by atoms with Gasteiger partial charge >= 0.3 is 0 Å². The fourth-order valence-corrected chi connectivity index (χ4v) is 1.87. The predicted octanol–water partition coefficient (Wildman–Crippen LogP) is 1.60. The summed E-state index contributed by atoms with van der Waals surface area (Å²) in [5.41, 5.74) is 3.95. The van der Waals surface area contributed by atoms with Gasteiger partial charge in [-0.1, -0.05) is 6.07 Å². The Morgan fingerprint density at radius 3 is 3.17 bits per heavy atom. The van der Waals surface area contributed by atoms with Crippen LogP contribution in [0, 0.1) is 6.92 Å². The summed E-state index contributed by atoms with van der Waals surface area (Å²) in [6.45, 7) is 2.10. The van der Waals surface area contributed by atoms with Crippen molar-refractivity contribution in [2.75, 3.05) is 7.05 Å². The normalized spacial score (nSPS) is 21.0. The number of nitrogens with zero attached hydrogens (tertiary/aromatic N) is 1. The van der Waals surface area contributed by atoms with Gasteiger partial charge in [-0.2, -0.15) is 0 Å². The van der Waals surface area contributed by atoms with Gasteiger partial charge in [0.05, 0.1) is 5.69 Å². The molecule has 1 aromatic heterocycles. The molecule has 1 aliphatic rings. The Bertz CT molecular complexity index is 294. The number of nitrogens with one attached hydrogen (secondary N) is 1. The van der Waals surface area contributed by atoms with Crippen LogP contribution in [0.3, 0.4) is 0 Å². The van der Waals surface area contributed by atoms with Crippen molar-refractivity contribution >= 4 is 0 Å². The van der Waals surface area contributed by atoms with Crippen LogP contribution >= 0.6 is 0 Å². The smallest absolute Gasteiger partial charge is 0.0605 e. The third-order valence-corrected chi connectivity index (χ3v) is 2.52. The highest BCUT2D eigenvalue weighted by molar-refractivity contribution is 5.31. The Balaban J connectivity index is 2.40. The molecule has 0 saturated carbocycles. The van der Waals surface area contributed by atoms with Gasteiger partial charge < -0.3 is 5.32 Å². The van der Waals surface area contributed by atoms with Crippen LogP contribution in [-0.2, 0) is 6.42 Å². The van der Waals surface area contributed by atoms with Gasteiger partial charge in [0, 0.05) is 12.2 Å². The molecule has 0 unspecified atom stereocenters. The Labute approximate surface area is 73.0 Å². The van der Waals surface area contributed by atoms with Crippen LogP contribution in [-0.4, -0.2) is 12.0 Å². The van der Waals surface area contributed by atoms with Gasteiger partial charge in [0.2, 0.25) is 0 Å². The van der Waals surface area contributed by atoms with Crippen LogP contribution in [0.2, 0.25) is 0 Å². The van der Waals surface area contributed by atoms with E-state index in [0.717, 1.165) is 0 Å². The summed E-state index contributed by atoms with van der Waals surface area (Å²) in [6.07, 6.45) is 4.33. The first kappa shape index (κ1) is 7.74. The molecule has 0 amide bonds. The van der Waals surface area contributed by atoms with Gasteiger partial charge in [0.25, 0.3) is 0 Å². The van der Waals surface area contributed by atoms with Crippen LogP contribution in [0.4, 0.5) is 0 Å². The highest BCUT2D eigenvalue weighted by atomic mass is 14.9. The van der Waals surface area contributed by atoms with Crippen LogP contribution in [0.5, 0.6) is 0 Å². The number of fused-ring (bicyclic) bond motifs is 1. The molecule has 0 spiro atoms. The summed E-state index contributed by atoms with van der Waals surface area (Å²) in [7, 11) is 2.00. The highest BCUT2D eigenvalue weighted by Crippen LogP contribution is 2.28. The lowest BCUT2D eigenvalue weighted by molar-refractivity contribution is 0.579. The largest absolute Gasteiger partial charge is 0.312 e. The fourth-order valence-electron chi connectivity index (χ4n) is 1.87. The standard InChI is InChI=1S/C10H14N2/c1-7-5-8-3-4-9(11-2)10(8)12-6-7/h5-6,9,11H,3-4H2,1-2H3/t9-/m0/s1. The summed E-state index contributed by atoms with van der Waals surface area (Å²) in [4.78, 5) is 4.45. The molecular weight excluding hydrogens is 148 g/mol. The Hall–Kier alpha value is -0.890. The lowest BCUT2D eigenvalue weighted by Crippen LogP contribution is -2.13. The van der Waals surface area contributed by atoms with Crippen LogP contribution < -0.4 is 5.32 Å². The molecule has 0 fully saturated rings. The van der Waals surface area contributed by atoms with E-state index in [0.29, 0.717) is 6.04 Å². The number of hydrogen-bond donors (Lipinski definition) is 1. The van der Waals surface area contributed by atoms with Gasteiger partial charge in [0.1, 0.15) is 0 Å². The molecule has 1 N–H and O–H groups in total. The second-order valence-corrected chi connectivity index (χ2v) is 3.44. The zero-order valence-electron chi connectivity index (χ0n) is 7.59. The molecule has 2 heteroatoms. The van der Waals surface area contributed by atoms with Crippen LogP contribution in [0.25, 0.3) is 0 Å². The SMILES string of the molecule is CN[C@H]1CCc2cc(C)cnc21. The maximum atomic E-state index is 4.45. The first-order valence-electron chi connectivity index (χ1n) is 4.44. The lowest BCUT2D eigenvalue weighted by atomic mass is 10.2. The maximum Gasteiger partial charge on any atom is 0.0605 e. The van der Waals surface area contributed by atoms with Crippen molar-refractivity contribution in [2.45, 2.75) is 25.8 Å². The fraction of sp³-hybridized carbons (Fsp3) is 0.500. The van der Waals surface area contributed by atoms with Crippen molar-refractivity contribution in [3.8, 4) is 0 Å². The molecule has 1 aromatic rings. The van der Waals surface area contributed by atoms with E-state index in [1.165, 1.54) is 29.7 Å². The summed E-state index contributed by atoms with van der Waals surface area (Å²) < 4.78 is 0. The molecular formula is C10H14N2. The van der Waals surface area contributed by atoms with E-state index in [-0.39, 0.29) is 0 Å². The molecule has 1 heterocycles. The van der Waals surface area contributed by atoms with Gasteiger partial charge in [-0.05, 0) is 37.9 Å². The van der Waals surface area contributed by atoms with E-state index >= 15 is 0 Å². The molecule has 2 rings (SSSR count). The molecule has 0 radical (unpaired) electrons. The van der Waals surface area contributed by atoms with Crippen LogP contribution in [0.1, 0.15) is 29.3 Å². The first-order valence-corrected chi connectivity index (χ1v) is 4.44. The second kappa shape index (κ2) is 2.87. The van der Waals surface area contributed by atoms with Gasteiger partial charge in [-0.25, -0.2) is 0 Å². The Morgan fingerprint density at radius 2 is 2.42 bits per heavy atom. The van der Waals surface area contributed by atoms with E-state index in [4.69, 9.17) is 0 Å². The highest BCUT2D eigenvalue weighted by Gasteiger charge is 2.21. The lowest BCUT2D eigenvalue weighted by Gasteiger charge is -2.08. The average molecular weight is 162 g/mol. The molecule has 0 saturated heterocycles. The van der Waals surface area contributed by atoms with Crippen molar-refractivity contribution in [2.24, 2.45) is 0 Å². The average Bonchev–Trinajstić information content (AvgIpc) is 2.46. The first-order chi connectivity index (χ1) is 5.81. The molecule has 2 nitrogen and oxygen atoms in total. The number of rotatable bonds is 1. The number of aromatic nitrogens is 1. The van der Waals surface area contributed by atoms with Crippen LogP contribution in [0.15, 0.2) is 12.3 Å². The minimum Gasteiger partial charge on any atom is -0.312 e. The number of hydrogen-bond acceptors (Lipinski definition) is 2. The van der Waals surface area contributed by atoms with E-state index in [1.54, 1.807) is 0 Å². The maximum absolute atomic E-state index is 4.45. The topological polar surface area (TPSA) is 24.9 Å². The van der Waals surface area contributed by atoms with E-state index in [9.17, 15) is 0 Å². The zero-order chi connectivity index (χ0) is 8.55. The molecule has 12 heavy (non-hydrogen) atoms. The third-order valence-electron chi connectivity index (χ3n) is 2.52. The Kier molecular flexibility index (Phi) is 1.85. The summed E-state index contributed by atoms with van der Waals surface area (Å²) in [5, 5.41) is 3.28. The molecule has 1 aliphatic carbocycles. The third kappa shape index (κ3) is 1.12.